The molecule has 4 heteroatoms. The minimum absolute atomic E-state index is 0.191. The molecule has 0 bridgehead atoms. The van der Waals surface area contributed by atoms with Gasteiger partial charge in [0.25, 0.3) is 5.91 Å². The fourth-order valence-electron chi connectivity index (χ4n) is 3.45. The van der Waals surface area contributed by atoms with Crippen molar-refractivity contribution >= 4 is 16.9 Å². The van der Waals surface area contributed by atoms with Gasteiger partial charge >= 0.3 is 0 Å². The lowest BCUT2D eigenvalue weighted by molar-refractivity contribution is 0.0516. The molecule has 0 atom stereocenters. The number of rotatable bonds is 1. The fraction of sp³-hybridized carbons (Fsp3) is 0.500. The zero-order chi connectivity index (χ0) is 13.9. The predicted octanol–water partition coefficient (Wildman–Crippen LogP) is 2.66. The fourth-order valence-corrected chi connectivity index (χ4v) is 3.45. The highest BCUT2D eigenvalue weighted by Crippen LogP contribution is 2.31. The molecule has 1 amide bonds. The summed E-state index contributed by atoms with van der Waals surface area (Å²) in [4.78, 5) is 19.4. The number of amides is 1. The number of hydrogen-bond acceptors (Lipinski definition) is 2. The number of nitrogens with zero attached hydrogens (tertiary/aromatic N) is 3. The van der Waals surface area contributed by atoms with Crippen molar-refractivity contribution in [2.24, 2.45) is 0 Å². The van der Waals surface area contributed by atoms with Crippen LogP contribution in [0, 0.1) is 13.8 Å². The average Bonchev–Trinajstić information content (AvgIpc) is 2.70. The summed E-state index contributed by atoms with van der Waals surface area (Å²) in [7, 11) is 0. The molecule has 1 aliphatic carbocycles. The summed E-state index contributed by atoms with van der Waals surface area (Å²) in [6.07, 6.45) is 3.60. The maximum Gasteiger partial charge on any atom is 0.270 e. The molecule has 1 fully saturated rings. The third kappa shape index (κ3) is 1.54. The molecule has 0 aromatic carbocycles. The maximum atomic E-state index is 12.7. The van der Waals surface area contributed by atoms with Crippen LogP contribution in [0.3, 0.4) is 0 Å². The van der Waals surface area contributed by atoms with Crippen molar-refractivity contribution in [1.29, 1.82) is 0 Å². The van der Waals surface area contributed by atoms with Gasteiger partial charge in [-0.2, -0.15) is 0 Å². The van der Waals surface area contributed by atoms with Gasteiger partial charge in [0.15, 0.2) is 0 Å². The van der Waals surface area contributed by atoms with Crippen molar-refractivity contribution in [2.75, 3.05) is 6.54 Å². The molecule has 2 aromatic heterocycles. The van der Waals surface area contributed by atoms with Crippen molar-refractivity contribution in [2.45, 2.75) is 45.7 Å². The molecule has 4 nitrogen and oxygen atoms in total. The number of aryl methyl sites for hydroxylation is 2. The van der Waals surface area contributed by atoms with Crippen LogP contribution in [0.15, 0.2) is 12.1 Å². The third-order valence-electron chi connectivity index (χ3n) is 4.76. The van der Waals surface area contributed by atoms with Crippen LogP contribution in [0.5, 0.6) is 0 Å². The van der Waals surface area contributed by atoms with Crippen LogP contribution in [0.4, 0.5) is 0 Å². The maximum absolute atomic E-state index is 12.7. The second-order valence-corrected chi connectivity index (χ2v) is 6.08. The van der Waals surface area contributed by atoms with Crippen LogP contribution in [0.1, 0.15) is 41.0 Å². The van der Waals surface area contributed by atoms with E-state index in [0.29, 0.717) is 6.04 Å². The van der Waals surface area contributed by atoms with Gasteiger partial charge in [-0.25, -0.2) is 4.98 Å². The molecule has 0 N–H and O–H groups in total. The van der Waals surface area contributed by atoms with E-state index in [1.807, 2.05) is 13.0 Å². The summed E-state index contributed by atoms with van der Waals surface area (Å²) < 4.78 is 2.10. The van der Waals surface area contributed by atoms with Crippen LogP contribution < -0.4 is 0 Å². The molecule has 0 saturated heterocycles. The van der Waals surface area contributed by atoms with Gasteiger partial charge in [0, 0.05) is 30.2 Å². The summed E-state index contributed by atoms with van der Waals surface area (Å²) in [6.45, 7) is 5.81. The minimum Gasteiger partial charge on any atom is -0.333 e. The Balaban J connectivity index is 1.85. The molecular weight excluding hydrogens is 250 g/mol. The van der Waals surface area contributed by atoms with Crippen molar-refractivity contribution in [3.8, 4) is 0 Å². The van der Waals surface area contributed by atoms with Crippen molar-refractivity contribution in [3.63, 3.8) is 0 Å². The largest absolute Gasteiger partial charge is 0.333 e. The van der Waals surface area contributed by atoms with Gasteiger partial charge in [0.2, 0.25) is 0 Å². The lowest BCUT2D eigenvalue weighted by atomic mass is 9.91. The molecule has 0 unspecified atom stereocenters. The van der Waals surface area contributed by atoms with Gasteiger partial charge in [-0.05, 0) is 50.8 Å². The summed E-state index contributed by atoms with van der Waals surface area (Å²) >= 11 is 0. The van der Waals surface area contributed by atoms with E-state index in [1.165, 1.54) is 24.8 Å². The first-order valence-corrected chi connectivity index (χ1v) is 7.43. The first kappa shape index (κ1) is 11.9. The normalized spacial score (nSPS) is 19.3. The van der Waals surface area contributed by atoms with Crippen molar-refractivity contribution < 1.29 is 4.79 Å². The molecule has 1 aliphatic heterocycles. The molecule has 0 spiro atoms. The van der Waals surface area contributed by atoms with Crippen LogP contribution in [-0.2, 0) is 6.54 Å². The van der Waals surface area contributed by atoms with Crippen molar-refractivity contribution in [1.82, 2.24) is 14.5 Å². The van der Waals surface area contributed by atoms with Gasteiger partial charge in [-0.1, -0.05) is 0 Å². The van der Waals surface area contributed by atoms with Crippen LogP contribution >= 0.6 is 0 Å². The number of carbonyl (C=O) groups excluding carboxylic acids is 1. The van der Waals surface area contributed by atoms with Crippen LogP contribution in [-0.4, -0.2) is 32.9 Å². The van der Waals surface area contributed by atoms with Crippen molar-refractivity contribution in [3.05, 3.63) is 29.1 Å². The standard InChI is InChI=1S/C16H19N3O/c1-10-8-11(2)17-15-13(10)9-14-16(20)18(6-7-19(14)15)12-4-3-5-12/h8-9,12H,3-7H2,1-2H3. The third-order valence-corrected chi connectivity index (χ3v) is 4.76. The van der Waals surface area contributed by atoms with Gasteiger partial charge in [-0.3, -0.25) is 4.79 Å². The van der Waals surface area contributed by atoms with E-state index in [4.69, 9.17) is 0 Å². The second-order valence-electron chi connectivity index (χ2n) is 6.08. The zero-order valence-electron chi connectivity index (χ0n) is 12.0. The van der Waals surface area contributed by atoms with Gasteiger partial charge in [0.1, 0.15) is 11.3 Å². The molecule has 3 heterocycles. The quantitative estimate of drug-likeness (QED) is 0.798. The number of pyridine rings is 1. The van der Waals surface area contributed by atoms with E-state index in [1.54, 1.807) is 0 Å². The van der Waals surface area contributed by atoms with Gasteiger partial charge in [-0.15, -0.1) is 0 Å². The molecule has 2 aliphatic rings. The second kappa shape index (κ2) is 4.08. The van der Waals surface area contributed by atoms with Gasteiger partial charge in [0.05, 0.1) is 0 Å². The lowest BCUT2D eigenvalue weighted by Crippen LogP contribution is -2.49. The van der Waals surface area contributed by atoms with E-state index in [-0.39, 0.29) is 5.91 Å². The highest BCUT2D eigenvalue weighted by molar-refractivity contribution is 5.99. The molecular formula is C16H19N3O. The topological polar surface area (TPSA) is 38.1 Å². The molecule has 4 rings (SSSR count). The highest BCUT2D eigenvalue weighted by atomic mass is 16.2. The Morgan fingerprint density at radius 1 is 1.20 bits per heavy atom. The van der Waals surface area contributed by atoms with E-state index >= 15 is 0 Å². The molecule has 0 radical (unpaired) electrons. The van der Waals surface area contributed by atoms with Crippen LogP contribution in [0.25, 0.3) is 11.0 Å². The molecule has 104 valence electrons. The smallest absolute Gasteiger partial charge is 0.270 e. The Hall–Kier alpha value is -1.84. The summed E-state index contributed by atoms with van der Waals surface area (Å²) in [5, 5.41) is 1.12. The first-order chi connectivity index (χ1) is 9.65. The lowest BCUT2D eigenvalue weighted by Gasteiger charge is -2.40. The molecule has 2 aromatic rings. The number of aromatic nitrogens is 2. The average molecular weight is 269 g/mol. The number of fused-ring (bicyclic) bond motifs is 3. The SMILES string of the molecule is Cc1cc(C)c2cc3n(c2n1)CCN(C1CCC1)C3=O. The molecule has 1 saturated carbocycles. The minimum atomic E-state index is 0.191. The Labute approximate surface area is 118 Å². The Morgan fingerprint density at radius 2 is 2.00 bits per heavy atom. The first-order valence-electron chi connectivity index (χ1n) is 7.43. The summed E-state index contributed by atoms with van der Waals surface area (Å²) in [6, 6.07) is 4.59. The van der Waals surface area contributed by atoms with E-state index < -0.39 is 0 Å². The van der Waals surface area contributed by atoms with Crippen LogP contribution in [0.2, 0.25) is 0 Å². The summed E-state index contributed by atoms with van der Waals surface area (Å²) in [5.74, 6) is 0.191. The number of carbonyl (C=O) groups is 1. The summed E-state index contributed by atoms with van der Waals surface area (Å²) in [5.41, 5.74) is 4.01. The zero-order valence-corrected chi connectivity index (χ0v) is 12.0. The Morgan fingerprint density at radius 3 is 2.70 bits per heavy atom. The van der Waals surface area contributed by atoms with E-state index in [0.717, 1.165) is 35.5 Å². The Kier molecular flexibility index (Phi) is 2.43. The van der Waals surface area contributed by atoms with E-state index in [9.17, 15) is 4.79 Å². The number of hydrogen-bond donors (Lipinski definition) is 0. The highest BCUT2D eigenvalue weighted by Gasteiger charge is 2.34. The van der Waals surface area contributed by atoms with E-state index in [2.05, 4.69) is 27.4 Å². The van der Waals surface area contributed by atoms with Gasteiger partial charge < -0.3 is 9.47 Å². The monoisotopic (exact) mass is 269 g/mol. The predicted molar refractivity (Wildman–Crippen MR) is 77.9 cm³/mol. The molecule has 20 heavy (non-hydrogen) atoms. The Bertz CT molecular complexity index is 712.